The lowest BCUT2D eigenvalue weighted by atomic mass is 10.1. The molecular weight excluding hydrogens is 311 g/mol. The molecule has 122 valence electrons. The van der Waals surface area contributed by atoms with Crippen molar-refractivity contribution in [1.29, 1.82) is 0 Å². The van der Waals surface area contributed by atoms with Crippen molar-refractivity contribution in [2.75, 3.05) is 6.54 Å². The maximum absolute atomic E-state index is 13.5. The van der Waals surface area contributed by atoms with Crippen LogP contribution in [0.4, 0.5) is 13.2 Å². The second-order valence-corrected chi connectivity index (χ2v) is 4.62. The van der Waals surface area contributed by atoms with Crippen molar-refractivity contribution in [3.8, 4) is 5.75 Å². The number of rotatable bonds is 6. The van der Waals surface area contributed by atoms with Crippen LogP contribution in [0.3, 0.4) is 0 Å². The normalized spacial score (nSPS) is 12.0. The van der Waals surface area contributed by atoms with E-state index in [-0.39, 0.29) is 23.4 Å². The molecule has 2 aromatic rings. The van der Waals surface area contributed by atoms with E-state index in [1.54, 1.807) is 6.07 Å². The number of hydrogen-bond acceptors (Lipinski definition) is 3. The van der Waals surface area contributed by atoms with Crippen LogP contribution in [0.25, 0.3) is 0 Å². The Morgan fingerprint density at radius 3 is 2.48 bits per heavy atom. The molecule has 4 nitrogen and oxygen atoms in total. The number of amides is 1. The third kappa shape index (κ3) is 4.46. The molecule has 2 N–H and O–H groups in total. The highest BCUT2D eigenvalue weighted by atomic mass is 19.3. The van der Waals surface area contributed by atoms with E-state index in [0.29, 0.717) is 0 Å². The van der Waals surface area contributed by atoms with Gasteiger partial charge >= 0.3 is 6.61 Å². The summed E-state index contributed by atoms with van der Waals surface area (Å²) < 4.78 is 42.4. The van der Waals surface area contributed by atoms with Crippen LogP contribution in [0, 0.1) is 5.82 Å². The molecule has 1 amide bonds. The minimum absolute atomic E-state index is 0.0323. The van der Waals surface area contributed by atoms with Gasteiger partial charge in [-0.3, -0.25) is 4.79 Å². The summed E-state index contributed by atoms with van der Waals surface area (Å²) in [5.74, 6) is -1.59. The van der Waals surface area contributed by atoms with Gasteiger partial charge in [-0.05, 0) is 18.2 Å². The number of halogens is 3. The molecule has 0 bridgehead atoms. The lowest BCUT2D eigenvalue weighted by molar-refractivity contribution is -0.0501. The predicted molar refractivity (Wildman–Crippen MR) is 76.8 cm³/mol. The summed E-state index contributed by atoms with van der Waals surface area (Å²) >= 11 is 0. The van der Waals surface area contributed by atoms with Gasteiger partial charge in [-0.25, -0.2) is 4.39 Å². The summed E-state index contributed by atoms with van der Waals surface area (Å²) in [6.07, 6.45) is -1.26. The Hall–Kier alpha value is -2.54. The molecule has 0 aromatic heterocycles. The van der Waals surface area contributed by atoms with Crippen LogP contribution in [0.15, 0.2) is 48.5 Å². The number of aliphatic hydroxyl groups excluding tert-OH is 1. The van der Waals surface area contributed by atoms with Crippen LogP contribution in [-0.2, 0) is 0 Å². The van der Waals surface area contributed by atoms with Gasteiger partial charge in [-0.2, -0.15) is 8.78 Å². The fourth-order valence-corrected chi connectivity index (χ4v) is 1.99. The van der Waals surface area contributed by atoms with E-state index in [1.165, 1.54) is 42.5 Å². The molecule has 0 saturated carbocycles. The van der Waals surface area contributed by atoms with Crippen molar-refractivity contribution in [3.63, 3.8) is 0 Å². The third-order valence-electron chi connectivity index (χ3n) is 3.07. The van der Waals surface area contributed by atoms with E-state index in [9.17, 15) is 23.1 Å². The van der Waals surface area contributed by atoms with E-state index in [1.807, 2.05) is 0 Å². The zero-order valence-electron chi connectivity index (χ0n) is 11.9. The van der Waals surface area contributed by atoms with E-state index >= 15 is 0 Å². The zero-order chi connectivity index (χ0) is 16.8. The standard InChI is InChI=1S/C16H14F3NO3/c17-12-7-3-1-5-10(12)13(21)9-20-15(22)11-6-2-4-8-14(11)23-16(18)19/h1-8,13,16,21H,9H2,(H,20,22). The number of nitrogens with one attached hydrogen (secondary N) is 1. The fourth-order valence-electron chi connectivity index (χ4n) is 1.99. The number of carbonyl (C=O) groups is 1. The predicted octanol–water partition coefficient (Wildman–Crippen LogP) is 2.89. The molecule has 7 heteroatoms. The molecule has 1 atom stereocenters. The number of aliphatic hydroxyl groups is 1. The van der Waals surface area contributed by atoms with Crippen molar-refractivity contribution in [3.05, 3.63) is 65.5 Å². The van der Waals surface area contributed by atoms with Crippen LogP contribution < -0.4 is 10.1 Å². The molecule has 0 aliphatic heterocycles. The van der Waals surface area contributed by atoms with Gasteiger partial charge in [0.15, 0.2) is 0 Å². The molecule has 0 spiro atoms. The fraction of sp³-hybridized carbons (Fsp3) is 0.188. The van der Waals surface area contributed by atoms with Gasteiger partial charge in [0.2, 0.25) is 0 Å². The maximum atomic E-state index is 13.5. The van der Waals surface area contributed by atoms with Crippen molar-refractivity contribution in [2.24, 2.45) is 0 Å². The molecular formula is C16H14F3NO3. The Morgan fingerprint density at radius 1 is 1.13 bits per heavy atom. The summed E-state index contributed by atoms with van der Waals surface area (Å²) in [5, 5.41) is 12.3. The molecule has 0 heterocycles. The van der Waals surface area contributed by atoms with Crippen molar-refractivity contribution in [2.45, 2.75) is 12.7 Å². The minimum atomic E-state index is -3.06. The first kappa shape index (κ1) is 16.8. The van der Waals surface area contributed by atoms with Crippen LogP contribution in [-0.4, -0.2) is 24.2 Å². The summed E-state index contributed by atoms with van der Waals surface area (Å²) in [5.41, 5.74) is -0.0709. The van der Waals surface area contributed by atoms with Gasteiger partial charge in [-0.15, -0.1) is 0 Å². The SMILES string of the molecule is O=C(NCC(O)c1ccccc1F)c1ccccc1OC(F)F. The van der Waals surface area contributed by atoms with E-state index in [2.05, 4.69) is 10.1 Å². The number of alkyl halides is 2. The Kier molecular flexibility index (Phi) is 5.59. The largest absolute Gasteiger partial charge is 0.434 e. The van der Waals surface area contributed by atoms with Crippen molar-refractivity contribution < 1.29 is 27.8 Å². The maximum Gasteiger partial charge on any atom is 0.387 e. The number of para-hydroxylation sites is 1. The Bertz CT molecular complexity index is 679. The second kappa shape index (κ2) is 7.64. The average molecular weight is 325 g/mol. The number of ether oxygens (including phenoxy) is 1. The molecule has 0 aliphatic carbocycles. The van der Waals surface area contributed by atoms with Gasteiger partial charge in [0.05, 0.1) is 11.7 Å². The number of benzene rings is 2. The average Bonchev–Trinajstić information content (AvgIpc) is 2.52. The molecule has 0 aliphatic rings. The van der Waals surface area contributed by atoms with Crippen LogP contribution in [0.5, 0.6) is 5.75 Å². The van der Waals surface area contributed by atoms with E-state index in [4.69, 9.17) is 0 Å². The van der Waals surface area contributed by atoms with E-state index in [0.717, 1.165) is 0 Å². The lowest BCUT2D eigenvalue weighted by Gasteiger charge is -2.14. The molecule has 0 radical (unpaired) electrons. The first-order valence-corrected chi connectivity index (χ1v) is 6.73. The highest BCUT2D eigenvalue weighted by molar-refractivity contribution is 5.96. The number of carbonyl (C=O) groups excluding carboxylic acids is 1. The topological polar surface area (TPSA) is 58.6 Å². The summed E-state index contributed by atoms with van der Waals surface area (Å²) in [6.45, 7) is -3.34. The highest BCUT2D eigenvalue weighted by Gasteiger charge is 2.17. The first-order valence-electron chi connectivity index (χ1n) is 6.73. The second-order valence-electron chi connectivity index (χ2n) is 4.62. The van der Waals surface area contributed by atoms with Crippen LogP contribution in [0.2, 0.25) is 0 Å². The van der Waals surface area contributed by atoms with Gasteiger partial charge < -0.3 is 15.2 Å². The van der Waals surface area contributed by atoms with Crippen molar-refractivity contribution in [1.82, 2.24) is 5.32 Å². The smallest absolute Gasteiger partial charge is 0.387 e. The number of hydrogen-bond donors (Lipinski definition) is 2. The minimum Gasteiger partial charge on any atom is -0.434 e. The van der Waals surface area contributed by atoms with Crippen LogP contribution in [0.1, 0.15) is 22.0 Å². The summed E-state index contributed by atoms with van der Waals surface area (Å²) in [4.78, 5) is 12.0. The zero-order valence-corrected chi connectivity index (χ0v) is 11.9. The van der Waals surface area contributed by atoms with Crippen molar-refractivity contribution >= 4 is 5.91 Å². The van der Waals surface area contributed by atoms with Gasteiger partial charge in [0, 0.05) is 12.1 Å². The van der Waals surface area contributed by atoms with Gasteiger partial charge in [-0.1, -0.05) is 30.3 Å². The molecule has 0 saturated heterocycles. The third-order valence-corrected chi connectivity index (χ3v) is 3.07. The van der Waals surface area contributed by atoms with Gasteiger partial charge in [0.25, 0.3) is 5.91 Å². The Labute approximate surface area is 130 Å². The molecule has 2 aromatic carbocycles. The molecule has 0 fully saturated rings. The van der Waals surface area contributed by atoms with Crippen LogP contribution >= 0.6 is 0 Å². The highest BCUT2D eigenvalue weighted by Crippen LogP contribution is 2.21. The lowest BCUT2D eigenvalue weighted by Crippen LogP contribution is -2.29. The molecule has 23 heavy (non-hydrogen) atoms. The first-order chi connectivity index (χ1) is 11.0. The van der Waals surface area contributed by atoms with E-state index < -0.39 is 24.4 Å². The quantitative estimate of drug-likeness (QED) is 0.858. The van der Waals surface area contributed by atoms with Gasteiger partial charge in [0.1, 0.15) is 11.6 Å². The monoisotopic (exact) mass is 325 g/mol. The molecule has 1 unspecified atom stereocenters. The Balaban J connectivity index is 2.04. The summed E-state index contributed by atoms with van der Waals surface area (Å²) in [7, 11) is 0. The molecule has 2 rings (SSSR count). The summed E-state index contributed by atoms with van der Waals surface area (Å²) in [6, 6.07) is 11.1. The Morgan fingerprint density at radius 2 is 1.78 bits per heavy atom.